The van der Waals surface area contributed by atoms with Crippen molar-refractivity contribution >= 4 is 5.82 Å². The van der Waals surface area contributed by atoms with Crippen LogP contribution < -0.4 is 16.6 Å². The van der Waals surface area contributed by atoms with Crippen LogP contribution in [0.2, 0.25) is 0 Å². The summed E-state index contributed by atoms with van der Waals surface area (Å²) in [6, 6.07) is 13.2. The molecule has 4 aromatic rings. The monoisotopic (exact) mass is 472 g/mol. The molecule has 5 rings (SSSR count). The zero-order valence-electron chi connectivity index (χ0n) is 19.6. The van der Waals surface area contributed by atoms with Gasteiger partial charge in [-0.2, -0.15) is 0 Å². The van der Waals surface area contributed by atoms with E-state index in [1.165, 1.54) is 5.56 Å². The normalized spacial score (nSPS) is 15.9. The first kappa shape index (κ1) is 22.9. The first-order chi connectivity index (χ1) is 17.1. The number of rotatable bonds is 7. The standard InChI is InChI=1S/C26H28N6O3/c1-28-13-17-5-7-18(8-6-17)21-12-23(35-31-21)25-26(27)29-14-22(30-25)19-9-10-24(33)32(15-19)16-20-4-2-3-11-34-20/h5-10,12,14-15,20,28H,2-4,11,13,16H2,1H3,(H2,27,29). The number of benzene rings is 1. The number of anilines is 1. The quantitative estimate of drug-likeness (QED) is 0.419. The molecule has 1 fully saturated rings. The lowest BCUT2D eigenvalue weighted by Gasteiger charge is -2.23. The summed E-state index contributed by atoms with van der Waals surface area (Å²) >= 11 is 0. The maximum atomic E-state index is 12.4. The molecule has 3 N–H and O–H groups in total. The van der Waals surface area contributed by atoms with Crippen molar-refractivity contribution in [1.82, 2.24) is 25.0 Å². The van der Waals surface area contributed by atoms with E-state index in [0.29, 0.717) is 29.4 Å². The van der Waals surface area contributed by atoms with Crippen molar-refractivity contribution in [2.75, 3.05) is 19.4 Å². The number of hydrogen-bond donors (Lipinski definition) is 2. The van der Waals surface area contributed by atoms with Crippen molar-refractivity contribution in [3.05, 3.63) is 70.8 Å². The van der Waals surface area contributed by atoms with Gasteiger partial charge < -0.3 is 24.9 Å². The fraction of sp³-hybridized carbons (Fsp3) is 0.308. The Hall–Kier alpha value is -3.82. The third-order valence-corrected chi connectivity index (χ3v) is 6.13. The molecule has 9 nitrogen and oxygen atoms in total. The van der Waals surface area contributed by atoms with Gasteiger partial charge in [-0.3, -0.25) is 4.79 Å². The number of nitrogen functional groups attached to an aromatic ring is 1. The van der Waals surface area contributed by atoms with Crippen LogP contribution in [0.1, 0.15) is 24.8 Å². The summed E-state index contributed by atoms with van der Waals surface area (Å²) in [5.41, 5.74) is 10.6. The number of nitrogens with zero attached hydrogens (tertiary/aromatic N) is 4. The molecule has 0 bridgehead atoms. The largest absolute Gasteiger partial charge is 0.382 e. The zero-order valence-corrected chi connectivity index (χ0v) is 19.6. The minimum atomic E-state index is -0.0767. The Labute approximate surface area is 203 Å². The third-order valence-electron chi connectivity index (χ3n) is 6.13. The number of nitrogens with two attached hydrogens (primary N) is 1. The van der Waals surface area contributed by atoms with E-state index in [0.717, 1.165) is 43.5 Å². The Morgan fingerprint density at radius 3 is 2.71 bits per heavy atom. The maximum absolute atomic E-state index is 12.4. The van der Waals surface area contributed by atoms with Gasteiger partial charge in [-0.25, -0.2) is 9.97 Å². The molecule has 35 heavy (non-hydrogen) atoms. The predicted octanol–water partition coefficient (Wildman–Crippen LogP) is 3.50. The van der Waals surface area contributed by atoms with Gasteiger partial charge in [0.2, 0.25) is 0 Å². The van der Waals surface area contributed by atoms with Gasteiger partial charge in [0.05, 0.1) is 24.5 Å². The zero-order chi connectivity index (χ0) is 24.2. The summed E-state index contributed by atoms with van der Waals surface area (Å²) in [4.78, 5) is 21.5. The fourth-order valence-electron chi connectivity index (χ4n) is 4.24. The van der Waals surface area contributed by atoms with E-state index in [-0.39, 0.29) is 17.5 Å². The lowest BCUT2D eigenvalue weighted by molar-refractivity contribution is 0.00545. The highest BCUT2D eigenvalue weighted by Gasteiger charge is 2.18. The number of pyridine rings is 1. The van der Waals surface area contributed by atoms with Crippen molar-refractivity contribution in [3.8, 4) is 34.0 Å². The Kier molecular flexibility index (Phi) is 6.69. The molecule has 1 unspecified atom stereocenters. The molecule has 0 aliphatic carbocycles. The van der Waals surface area contributed by atoms with Crippen LogP contribution in [-0.2, 0) is 17.8 Å². The molecule has 4 heterocycles. The van der Waals surface area contributed by atoms with E-state index in [2.05, 4.69) is 15.5 Å². The summed E-state index contributed by atoms with van der Waals surface area (Å²) in [5, 5.41) is 7.33. The molecule has 1 saturated heterocycles. The number of nitrogens with one attached hydrogen (secondary N) is 1. The molecule has 1 aromatic carbocycles. The number of hydrogen-bond acceptors (Lipinski definition) is 8. The van der Waals surface area contributed by atoms with Crippen molar-refractivity contribution in [1.29, 1.82) is 0 Å². The molecule has 1 aliphatic heterocycles. The first-order valence-corrected chi connectivity index (χ1v) is 11.8. The van der Waals surface area contributed by atoms with Gasteiger partial charge in [0.15, 0.2) is 17.3 Å². The molecule has 0 saturated carbocycles. The molecule has 9 heteroatoms. The van der Waals surface area contributed by atoms with Crippen LogP contribution in [0.4, 0.5) is 5.82 Å². The minimum Gasteiger partial charge on any atom is -0.382 e. The summed E-state index contributed by atoms with van der Waals surface area (Å²) < 4.78 is 13.1. The molecule has 1 aliphatic rings. The average Bonchev–Trinajstić information content (AvgIpc) is 3.37. The van der Waals surface area contributed by atoms with Gasteiger partial charge in [-0.05, 0) is 37.9 Å². The van der Waals surface area contributed by atoms with Crippen LogP contribution >= 0.6 is 0 Å². The Morgan fingerprint density at radius 2 is 1.94 bits per heavy atom. The number of aromatic nitrogens is 4. The maximum Gasteiger partial charge on any atom is 0.250 e. The number of ether oxygens (including phenoxy) is 1. The SMILES string of the molecule is CNCc1ccc(-c2cc(-c3nc(-c4ccc(=O)n(CC5CCCCO5)c4)cnc3N)on2)cc1. The topological polar surface area (TPSA) is 121 Å². The van der Waals surface area contributed by atoms with Crippen molar-refractivity contribution < 1.29 is 9.26 Å². The molecular formula is C26H28N6O3. The van der Waals surface area contributed by atoms with Crippen LogP contribution in [0.15, 0.2) is 64.2 Å². The van der Waals surface area contributed by atoms with Gasteiger partial charge in [0.1, 0.15) is 5.69 Å². The minimum absolute atomic E-state index is 0.0460. The molecular weight excluding hydrogens is 444 g/mol. The Balaban J connectivity index is 1.42. The van der Waals surface area contributed by atoms with Gasteiger partial charge in [0.25, 0.3) is 5.56 Å². The lowest BCUT2D eigenvalue weighted by atomic mass is 10.1. The van der Waals surface area contributed by atoms with E-state index >= 15 is 0 Å². The lowest BCUT2D eigenvalue weighted by Crippen LogP contribution is -2.30. The third kappa shape index (κ3) is 5.16. The van der Waals surface area contributed by atoms with E-state index < -0.39 is 0 Å². The summed E-state index contributed by atoms with van der Waals surface area (Å²) in [5.74, 6) is 0.667. The molecule has 0 spiro atoms. The van der Waals surface area contributed by atoms with E-state index in [1.54, 1.807) is 35.2 Å². The molecule has 3 aromatic heterocycles. The van der Waals surface area contributed by atoms with Gasteiger partial charge in [-0.15, -0.1) is 0 Å². The Bertz CT molecular complexity index is 1360. The van der Waals surface area contributed by atoms with E-state index in [1.807, 2.05) is 31.3 Å². The molecule has 180 valence electrons. The molecule has 0 radical (unpaired) electrons. The highest BCUT2D eigenvalue weighted by atomic mass is 16.5. The predicted molar refractivity (Wildman–Crippen MR) is 133 cm³/mol. The molecule has 1 atom stereocenters. The smallest absolute Gasteiger partial charge is 0.250 e. The highest BCUT2D eigenvalue weighted by molar-refractivity contribution is 5.72. The van der Waals surface area contributed by atoms with Gasteiger partial charge >= 0.3 is 0 Å². The van der Waals surface area contributed by atoms with Crippen molar-refractivity contribution in [3.63, 3.8) is 0 Å². The fourth-order valence-corrected chi connectivity index (χ4v) is 4.24. The average molecular weight is 473 g/mol. The van der Waals surface area contributed by atoms with Crippen LogP contribution in [-0.4, -0.2) is 39.5 Å². The van der Waals surface area contributed by atoms with Crippen LogP contribution in [0.25, 0.3) is 34.0 Å². The summed E-state index contributed by atoms with van der Waals surface area (Å²) in [6.07, 6.45) is 6.57. The van der Waals surface area contributed by atoms with E-state index in [4.69, 9.17) is 20.0 Å². The molecule has 0 amide bonds. The second-order valence-electron chi connectivity index (χ2n) is 8.69. The van der Waals surface area contributed by atoms with E-state index in [9.17, 15) is 4.79 Å². The van der Waals surface area contributed by atoms with Crippen molar-refractivity contribution in [2.24, 2.45) is 0 Å². The summed E-state index contributed by atoms with van der Waals surface area (Å²) in [7, 11) is 1.91. The van der Waals surface area contributed by atoms with Crippen LogP contribution in [0, 0.1) is 0 Å². The highest BCUT2D eigenvalue weighted by Crippen LogP contribution is 2.29. The van der Waals surface area contributed by atoms with Gasteiger partial charge in [0, 0.05) is 42.6 Å². The second-order valence-corrected chi connectivity index (χ2v) is 8.69. The van der Waals surface area contributed by atoms with Crippen molar-refractivity contribution in [2.45, 2.75) is 38.5 Å². The second kappa shape index (κ2) is 10.2. The van der Waals surface area contributed by atoms with Crippen LogP contribution in [0.5, 0.6) is 0 Å². The summed E-state index contributed by atoms with van der Waals surface area (Å²) in [6.45, 7) is 2.05. The van der Waals surface area contributed by atoms with Crippen LogP contribution in [0.3, 0.4) is 0 Å². The van der Waals surface area contributed by atoms with Gasteiger partial charge in [-0.1, -0.05) is 29.4 Å². The Morgan fingerprint density at radius 1 is 1.11 bits per heavy atom. The first-order valence-electron chi connectivity index (χ1n) is 11.8.